The van der Waals surface area contributed by atoms with E-state index in [0.717, 1.165) is 4.47 Å². The SMILES string of the molecule is CC1(C)c2cc(-c3ccc(Br)cc3)ccc2-c2cc3ccccc3cc21. The fourth-order valence-corrected chi connectivity index (χ4v) is 4.51. The second-order valence-electron chi connectivity index (χ2n) is 7.64. The monoisotopic (exact) mass is 398 g/mol. The van der Waals surface area contributed by atoms with Crippen LogP contribution in [0.15, 0.2) is 83.3 Å². The molecule has 0 aliphatic heterocycles. The van der Waals surface area contributed by atoms with Gasteiger partial charge < -0.3 is 0 Å². The van der Waals surface area contributed by atoms with Gasteiger partial charge in [0.2, 0.25) is 0 Å². The highest BCUT2D eigenvalue weighted by Crippen LogP contribution is 2.50. The summed E-state index contributed by atoms with van der Waals surface area (Å²) in [7, 11) is 0. The Balaban J connectivity index is 1.73. The fourth-order valence-electron chi connectivity index (χ4n) is 4.24. The Hall–Kier alpha value is -2.38. The van der Waals surface area contributed by atoms with Gasteiger partial charge in [0.1, 0.15) is 0 Å². The molecular formula is C25H19Br. The standard InChI is InChI=1S/C25H19Br/c1-25(2)23-15-19(16-7-10-20(26)11-8-16)9-12-21(23)22-13-17-5-3-4-6-18(17)14-24(22)25/h3-15H,1-2H3. The number of hydrogen-bond acceptors (Lipinski definition) is 0. The molecule has 0 saturated heterocycles. The molecule has 0 fully saturated rings. The molecule has 0 unspecified atom stereocenters. The van der Waals surface area contributed by atoms with Gasteiger partial charge in [-0.15, -0.1) is 0 Å². The molecular weight excluding hydrogens is 380 g/mol. The van der Waals surface area contributed by atoms with Gasteiger partial charge >= 0.3 is 0 Å². The van der Waals surface area contributed by atoms with E-state index in [1.807, 2.05) is 0 Å². The molecule has 26 heavy (non-hydrogen) atoms. The Bertz CT molecular complexity index is 1150. The van der Waals surface area contributed by atoms with Crippen molar-refractivity contribution in [3.8, 4) is 22.3 Å². The third-order valence-electron chi connectivity index (χ3n) is 5.72. The summed E-state index contributed by atoms with van der Waals surface area (Å²) >= 11 is 3.53. The molecule has 0 nitrogen and oxygen atoms in total. The van der Waals surface area contributed by atoms with Crippen molar-refractivity contribution in [2.45, 2.75) is 19.3 Å². The normalized spacial score (nSPS) is 14.3. The fraction of sp³-hybridized carbons (Fsp3) is 0.120. The van der Waals surface area contributed by atoms with Crippen molar-refractivity contribution in [2.75, 3.05) is 0 Å². The van der Waals surface area contributed by atoms with Crippen molar-refractivity contribution in [2.24, 2.45) is 0 Å². The molecule has 0 bridgehead atoms. The maximum Gasteiger partial charge on any atom is 0.0175 e. The van der Waals surface area contributed by atoms with Crippen molar-refractivity contribution in [3.05, 3.63) is 94.5 Å². The molecule has 0 atom stereocenters. The summed E-state index contributed by atoms with van der Waals surface area (Å²) in [6, 6.07) is 28.9. The summed E-state index contributed by atoms with van der Waals surface area (Å²) in [5, 5.41) is 2.63. The number of fused-ring (bicyclic) bond motifs is 4. The Kier molecular flexibility index (Phi) is 3.39. The zero-order valence-electron chi connectivity index (χ0n) is 14.9. The van der Waals surface area contributed by atoms with Gasteiger partial charge in [0, 0.05) is 9.89 Å². The number of hydrogen-bond donors (Lipinski definition) is 0. The van der Waals surface area contributed by atoms with Gasteiger partial charge in [-0.3, -0.25) is 0 Å². The topological polar surface area (TPSA) is 0 Å². The van der Waals surface area contributed by atoms with E-state index in [1.54, 1.807) is 0 Å². The van der Waals surface area contributed by atoms with E-state index in [1.165, 1.54) is 44.2 Å². The van der Waals surface area contributed by atoms with Gasteiger partial charge in [0.25, 0.3) is 0 Å². The lowest BCUT2D eigenvalue weighted by atomic mass is 9.81. The van der Waals surface area contributed by atoms with E-state index in [0.29, 0.717) is 0 Å². The first kappa shape index (κ1) is 15.8. The molecule has 0 spiro atoms. The number of halogens is 1. The Morgan fingerprint density at radius 1 is 0.615 bits per heavy atom. The van der Waals surface area contributed by atoms with Gasteiger partial charge in [0.15, 0.2) is 0 Å². The number of benzene rings is 4. The molecule has 1 aliphatic rings. The van der Waals surface area contributed by atoms with Crippen molar-refractivity contribution in [1.82, 2.24) is 0 Å². The summed E-state index contributed by atoms with van der Waals surface area (Å²) in [4.78, 5) is 0. The predicted octanol–water partition coefficient (Wildman–Crippen LogP) is 7.58. The summed E-state index contributed by atoms with van der Waals surface area (Å²) in [5.41, 5.74) is 8.15. The minimum atomic E-state index is 0.0140. The smallest absolute Gasteiger partial charge is 0.0175 e. The zero-order chi connectivity index (χ0) is 17.9. The molecule has 0 amide bonds. The maximum absolute atomic E-state index is 3.53. The van der Waals surface area contributed by atoms with Gasteiger partial charge in [-0.05, 0) is 74.5 Å². The molecule has 4 aromatic carbocycles. The molecule has 0 heterocycles. The maximum atomic E-state index is 3.53. The van der Waals surface area contributed by atoms with Gasteiger partial charge in [-0.1, -0.05) is 78.3 Å². The van der Waals surface area contributed by atoms with Gasteiger partial charge in [-0.2, -0.15) is 0 Å². The van der Waals surface area contributed by atoms with Crippen LogP contribution in [0.1, 0.15) is 25.0 Å². The van der Waals surface area contributed by atoms with E-state index in [9.17, 15) is 0 Å². The van der Waals surface area contributed by atoms with Crippen molar-refractivity contribution in [1.29, 1.82) is 0 Å². The molecule has 1 heteroatoms. The first-order valence-electron chi connectivity index (χ1n) is 8.98. The highest BCUT2D eigenvalue weighted by Gasteiger charge is 2.35. The van der Waals surface area contributed by atoms with Crippen LogP contribution in [-0.4, -0.2) is 0 Å². The van der Waals surface area contributed by atoms with Crippen LogP contribution in [-0.2, 0) is 5.41 Å². The van der Waals surface area contributed by atoms with Crippen LogP contribution in [0.25, 0.3) is 33.0 Å². The highest BCUT2D eigenvalue weighted by atomic mass is 79.9. The summed E-state index contributed by atoms with van der Waals surface area (Å²) in [6.07, 6.45) is 0. The second-order valence-corrected chi connectivity index (χ2v) is 8.55. The minimum Gasteiger partial charge on any atom is -0.0616 e. The zero-order valence-corrected chi connectivity index (χ0v) is 16.5. The van der Waals surface area contributed by atoms with Crippen LogP contribution in [0.4, 0.5) is 0 Å². The second kappa shape index (κ2) is 5.56. The molecule has 4 aromatic rings. The quantitative estimate of drug-likeness (QED) is 0.310. The third-order valence-corrected chi connectivity index (χ3v) is 6.25. The lowest BCUT2D eigenvalue weighted by Gasteiger charge is -2.22. The molecule has 0 saturated carbocycles. The van der Waals surface area contributed by atoms with Crippen LogP contribution in [0.2, 0.25) is 0 Å². The van der Waals surface area contributed by atoms with Crippen LogP contribution in [0, 0.1) is 0 Å². The van der Waals surface area contributed by atoms with E-state index in [-0.39, 0.29) is 5.41 Å². The Labute approximate surface area is 162 Å². The van der Waals surface area contributed by atoms with Gasteiger partial charge in [-0.25, -0.2) is 0 Å². The van der Waals surface area contributed by atoms with E-state index < -0.39 is 0 Å². The minimum absolute atomic E-state index is 0.0140. The summed E-state index contributed by atoms with van der Waals surface area (Å²) in [5.74, 6) is 0. The van der Waals surface area contributed by atoms with Gasteiger partial charge in [0.05, 0.1) is 0 Å². The van der Waals surface area contributed by atoms with Crippen molar-refractivity contribution < 1.29 is 0 Å². The third kappa shape index (κ3) is 2.27. The number of rotatable bonds is 1. The molecule has 126 valence electrons. The van der Waals surface area contributed by atoms with E-state index >= 15 is 0 Å². The first-order chi connectivity index (χ1) is 12.5. The Morgan fingerprint density at radius 3 is 1.96 bits per heavy atom. The summed E-state index contributed by atoms with van der Waals surface area (Å²) in [6.45, 7) is 4.69. The largest absolute Gasteiger partial charge is 0.0616 e. The predicted molar refractivity (Wildman–Crippen MR) is 115 cm³/mol. The van der Waals surface area contributed by atoms with Crippen LogP contribution >= 0.6 is 15.9 Å². The highest BCUT2D eigenvalue weighted by molar-refractivity contribution is 9.10. The molecule has 5 rings (SSSR count). The first-order valence-corrected chi connectivity index (χ1v) is 9.77. The molecule has 0 aromatic heterocycles. The molecule has 0 N–H and O–H groups in total. The molecule has 1 aliphatic carbocycles. The molecule has 0 radical (unpaired) electrons. The Morgan fingerprint density at radius 2 is 1.23 bits per heavy atom. The lowest BCUT2D eigenvalue weighted by Crippen LogP contribution is -2.15. The van der Waals surface area contributed by atoms with E-state index in [4.69, 9.17) is 0 Å². The van der Waals surface area contributed by atoms with Crippen LogP contribution in [0.5, 0.6) is 0 Å². The summed E-state index contributed by atoms with van der Waals surface area (Å²) < 4.78 is 1.11. The van der Waals surface area contributed by atoms with Crippen LogP contribution in [0.3, 0.4) is 0 Å². The van der Waals surface area contributed by atoms with Crippen molar-refractivity contribution in [3.63, 3.8) is 0 Å². The van der Waals surface area contributed by atoms with E-state index in [2.05, 4.69) is 109 Å². The average molecular weight is 399 g/mol. The lowest BCUT2D eigenvalue weighted by molar-refractivity contribution is 0.661. The van der Waals surface area contributed by atoms with Crippen molar-refractivity contribution >= 4 is 26.7 Å². The van der Waals surface area contributed by atoms with Crippen LogP contribution < -0.4 is 0 Å². The average Bonchev–Trinajstić information content (AvgIpc) is 2.87.